The van der Waals surface area contributed by atoms with Crippen LogP contribution in [0.15, 0.2) is 17.1 Å². The van der Waals surface area contributed by atoms with Crippen molar-refractivity contribution in [1.82, 2.24) is 0 Å². The summed E-state index contributed by atoms with van der Waals surface area (Å²) < 4.78 is 0. The first-order chi connectivity index (χ1) is 7.97. The maximum absolute atomic E-state index is 9.77. The van der Waals surface area contributed by atoms with Crippen molar-refractivity contribution >= 4 is 6.21 Å². The maximum atomic E-state index is 9.77. The average molecular weight is 230 g/mol. The van der Waals surface area contributed by atoms with Gasteiger partial charge in [0.15, 0.2) is 0 Å². The van der Waals surface area contributed by atoms with E-state index in [0.29, 0.717) is 0 Å². The maximum Gasteiger partial charge on any atom is 0.102 e. The van der Waals surface area contributed by atoms with E-state index in [2.05, 4.69) is 32.9 Å². The lowest BCUT2D eigenvalue weighted by atomic mass is 9.54. The molecule has 1 unspecified atom stereocenters. The van der Waals surface area contributed by atoms with E-state index in [1.54, 1.807) is 0 Å². The second-order valence-electron chi connectivity index (χ2n) is 6.41. The van der Waals surface area contributed by atoms with Crippen LogP contribution in [0, 0.1) is 22.2 Å². The van der Waals surface area contributed by atoms with Crippen molar-refractivity contribution in [2.24, 2.45) is 15.8 Å². The molecule has 2 aliphatic rings. The van der Waals surface area contributed by atoms with Gasteiger partial charge < -0.3 is 0 Å². The lowest BCUT2D eigenvalue weighted by Crippen LogP contribution is -2.53. The highest BCUT2D eigenvalue weighted by atomic mass is 14.9. The molecule has 2 nitrogen and oxygen atoms in total. The number of rotatable bonds is 1. The molecule has 0 aromatic heterocycles. The molecule has 1 heterocycles. The Morgan fingerprint density at radius 1 is 1.18 bits per heavy atom. The zero-order chi connectivity index (χ0) is 12.6. The van der Waals surface area contributed by atoms with Crippen molar-refractivity contribution in [1.29, 1.82) is 5.26 Å². The quantitative estimate of drug-likeness (QED) is 0.673. The second-order valence-corrected chi connectivity index (χ2v) is 6.41. The lowest BCUT2D eigenvalue weighted by molar-refractivity contribution is 0.0756. The molecular formula is C15H22N2. The molecule has 17 heavy (non-hydrogen) atoms. The summed E-state index contributed by atoms with van der Waals surface area (Å²) in [6.07, 6.45) is 11.6. The van der Waals surface area contributed by atoms with E-state index in [0.717, 1.165) is 25.7 Å². The van der Waals surface area contributed by atoms with Gasteiger partial charge in [0.1, 0.15) is 5.54 Å². The summed E-state index contributed by atoms with van der Waals surface area (Å²) in [7, 11) is 0. The van der Waals surface area contributed by atoms with Gasteiger partial charge in [-0.05, 0) is 24.3 Å². The molecule has 0 bridgehead atoms. The van der Waals surface area contributed by atoms with E-state index in [4.69, 9.17) is 4.99 Å². The van der Waals surface area contributed by atoms with Gasteiger partial charge in [0.05, 0.1) is 11.5 Å². The van der Waals surface area contributed by atoms with Crippen LogP contribution >= 0.6 is 0 Å². The minimum Gasteiger partial charge on any atom is -0.280 e. The zero-order valence-corrected chi connectivity index (χ0v) is 11.2. The Bertz CT molecular complexity index is 372. The van der Waals surface area contributed by atoms with E-state index < -0.39 is 0 Å². The summed E-state index contributed by atoms with van der Waals surface area (Å²) in [6.45, 7) is 6.61. The first kappa shape index (κ1) is 12.4. The van der Waals surface area contributed by atoms with Crippen molar-refractivity contribution < 1.29 is 0 Å². The van der Waals surface area contributed by atoms with Crippen LogP contribution in [-0.4, -0.2) is 11.8 Å². The predicted molar refractivity (Wildman–Crippen MR) is 70.9 cm³/mol. The molecule has 2 rings (SSSR count). The number of hydrogen-bond donors (Lipinski definition) is 0. The van der Waals surface area contributed by atoms with Crippen LogP contribution in [0.3, 0.4) is 0 Å². The third kappa shape index (κ3) is 1.64. The van der Waals surface area contributed by atoms with E-state index in [1.807, 2.05) is 12.3 Å². The summed E-state index contributed by atoms with van der Waals surface area (Å²) >= 11 is 0. The smallest absolute Gasteiger partial charge is 0.102 e. The molecule has 0 amide bonds. The summed E-state index contributed by atoms with van der Waals surface area (Å²) in [5.41, 5.74) is -0.633. The van der Waals surface area contributed by atoms with Crippen molar-refractivity contribution in [3.05, 3.63) is 12.2 Å². The molecule has 1 atom stereocenters. The first-order valence-electron chi connectivity index (χ1n) is 6.62. The molecule has 1 aliphatic carbocycles. The fourth-order valence-corrected chi connectivity index (χ4v) is 3.56. The summed E-state index contributed by atoms with van der Waals surface area (Å²) in [6, 6.07) is 2.64. The van der Waals surface area contributed by atoms with Gasteiger partial charge in [-0.25, -0.2) is 0 Å². The highest BCUT2D eigenvalue weighted by molar-refractivity contribution is 5.76. The van der Waals surface area contributed by atoms with Gasteiger partial charge in [-0.1, -0.05) is 46.1 Å². The third-order valence-corrected chi connectivity index (χ3v) is 4.50. The van der Waals surface area contributed by atoms with Gasteiger partial charge in [-0.3, -0.25) is 4.99 Å². The van der Waals surface area contributed by atoms with E-state index >= 15 is 0 Å². The molecule has 2 heteroatoms. The minimum atomic E-state index is -0.324. The molecule has 92 valence electrons. The normalized spacial score (nSPS) is 31.4. The standard InChI is InChI=1S/C15H22N2/c1-13(2,3)15(10-7-11-17-15)14(12-16)8-5-4-6-9-14/h7,10-11H,4-6,8-9H2,1-3H3. The third-order valence-electron chi connectivity index (χ3n) is 4.50. The van der Waals surface area contributed by atoms with Crippen LogP contribution in [-0.2, 0) is 0 Å². The Hall–Kier alpha value is -1.10. The number of nitrogens with zero attached hydrogens (tertiary/aromatic N) is 2. The van der Waals surface area contributed by atoms with Gasteiger partial charge in [0, 0.05) is 6.21 Å². The van der Waals surface area contributed by atoms with Crippen LogP contribution in [0.25, 0.3) is 0 Å². The van der Waals surface area contributed by atoms with Crippen molar-refractivity contribution in [3.8, 4) is 6.07 Å². The summed E-state index contributed by atoms with van der Waals surface area (Å²) in [4.78, 5) is 4.75. The number of hydrogen-bond acceptors (Lipinski definition) is 2. The van der Waals surface area contributed by atoms with Gasteiger partial charge in [-0.2, -0.15) is 5.26 Å². The zero-order valence-electron chi connectivity index (χ0n) is 11.2. The fourth-order valence-electron chi connectivity index (χ4n) is 3.56. The summed E-state index contributed by atoms with van der Waals surface area (Å²) in [5, 5.41) is 9.77. The van der Waals surface area contributed by atoms with Crippen molar-refractivity contribution in [2.75, 3.05) is 0 Å². The Morgan fingerprint density at radius 2 is 1.82 bits per heavy atom. The van der Waals surface area contributed by atoms with Crippen LogP contribution in [0.5, 0.6) is 0 Å². The Balaban J connectivity index is 2.50. The van der Waals surface area contributed by atoms with Gasteiger partial charge in [0.25, 0.3) is 0 Å². The van der Waals surface area contributed by atoms with E-state index in [9.17, 15) is 5.26 Å². The Labute approximate surface area is 104 Å². The van der Waals surface area contributed by atoms with Gasteiger partial charge in [-0.15, -0.1) is 0 Å². The van der Waals surface area contributed by atoms with Crippen molar-refractivity contribution in [3.63, 3.8) is 0 Å². The molecule has 0 radical (unpaired) electrons. The minimum absolute atomic E-state index is 0.0103. The SMILES string of the molecule is CC(C)(C)C1(C2(C#N)CCCCC2)C=CC=N1. The molecule has 0 aromatic rings. The molecular weight excluding hydrogens is 208 g/mol. The monoisotopic (exact) mass is 230 g/mol. The molecule has 0 spiro atoms. The van der Waals surface area contributed by atoms with E-state index in [1.165, 1.54) is 6.42 Å². The van der Waals surface area contributed by atoms with Gasteiger partial charge >= 0.3 is 0 Å². The van der Waals surface area contributed by atoms with Gasteiger partial charge in [0.2, 0.25) is 0 Å². The highest BCUT2D eigenvalue weighted by Crippen LogP contribution is 2.55. The van der Waals surface area contributed by atoms with Crippen LogP contribution in [0.1, 0.15) is 52.9 Å². The molecule has 1 fully saturated rings. The highest BCUT2D eigenvalue weighted by Gasteiger charge is 2.57. The fraction of sp³-hybridized carbons (Fsp3) is 0.733. The molecule has 0 aromatic carbocycles. The van der Waals surface area contributed by atoms with E-state index in [-0.39, 0.29) is 16.4 Å². The topological polar surface area (TPSA) is 36.1 Å². The molecule has 0 saturated heterocycles. The van der Waals surface area contributed by atoms with Crippen LogP contribution in [0.2, 0.25) is 0 Å². The molecule has 0 N–H and O–H groups in total. The molecule has 1 aliphatic heterocycles. The number of allylic oxidation sites excluding steroid dienone is 1. The number of aliphatic imine (C=N–C) groups is 1. The first-order valence-corrected chi connectivity index (χ1v) is 6.62. The molecule has 1 saturated carbocycles. The number of nitriles is 1. The predicted octanol–water partition coefficient (Wildman–Crippen LogP) is 3.89. The van der Waals surface area contributed by atoms with Crippen molar-refractivity contribution in [2.45, 2.75) is 58.4 Å². The largest absolute Gasteiger partial charge is 0.280 e. The second kappa shape index (κ2) is 3.98. The Morgan fingerprint density at radius 3 is 2.24 bits per heavy atom. The Kier molecular flexibility index (Phi) is 2.89. The summed E-state index contributed by atoms with van der Waals surface area (Å²) in [5.74, 6) is 0. The van der Waals surface area contributed by atoms with Crippen LogP contribution in [0.4, 0.5) is 0 Å². The lowest BCUT2D eigenvalue weighted by Gasteiger charge is -2.50. The average Bonchev–Trinajstić information content (AvgIpc) is 2.80. The van der Waals surface area contributed by atoms with Crippen LogP contribution < -0.4 is 0 Å².